The fraction of sp³-hybridized carbons (Fsp3) is 0.312. The number of rotatable bonds is 7. The van der Waals surface area contributed by atoms with Crippen molar-refractivity contribution in [3.63, 3.8) is 0 Å². The number of hydrogen-bond donors (Lipinski definition) is 0. The first-order valence-corrected chi connectivity index (χ1v) is 7.61. The molecule has 0 aliphatic rings. The van der Waals surface area contributed by atoms with E-state index in [1.165, 1.54) is 4.88 Å². The Balaban J connectivity index is 1.78. The lowest BCUT2D eigenvalue weighted by Gasteiger charge is -2.16. The molecule has 1 aromatic heterocycles. The molecule has 0 N–H and O–H groups in total. The second kappa shape index (κ2) is 7.69. The topological polar surface area (TPSA) is 38.8 Å². The predicted octanol–water partition coefficient (Wildman–Crippen LogP) is 3.18. The smallest absolute Gasteiger partial charge is 0.226 e. The van der Waals surface area contributed by atoms with E-state index in [2.05, 4.69) is 0 Å². The van der Waals surface area contributed by atoms with Crippen molar-refractivity contribution >= 4 is 17.2 Å². The molecule has 0 aliphatic carbocycles. The molecule has 1 amide bonds. The average Bonchev–Trinajstić information content (AvgIpc) is 3.00. The Bertz CT molecular complexity index is 569. The third kappa shape index (κ3) is 4.49. The van der Waals surface area contributed by atoms with Crippen LogP contribution in [-0.2, 0) is 11.3 Å². The molecule has 2 rings (SSSR count). The van der Waals surface area contributed by atoms with E-state index in [1.807, 2.05) is 48.8 Å². The van der Waals surface area contributed by atoms with Crippen molar-refractivity contribution in [1.29, 1.82) is 0 Å². The van der Waals surface area contributed by atoms with Gasteiger partial charge in [0.05, 0.1) is 26.7 Å². The number of thiophene rings is 1. The summed E-state index contributed by atoms with van der Waals surface area (Å²) in [5, 5.41) is 2.01. The highest BCUT2D eigenvalue weighted by atomic mass is 32.1. The molecule has 1 heterocycles. The first-order valence-electron chi connectivity index (χ1n) is 6.73. The Labute approximate surface area is 128 Å². The molecule has 4 nitrogen and oxygen atoms in total. The number of hydrogen-bond acceptors (Lipinski definition) is 4. The highest BCUT2D eigenvalue weighted by molar-refractivity contribution is 7.09. The molecule has 0 saturated heterocycles. The van der Waals surface area contributed by atoms with Crippen LogP contribution < -0.4 is 9.47 Å². The van der Waals surface area contributed by atoms with Crippen molar-refractivity contribution in [2.75, 3.05) is 20.8 Å². The van der Waals surface area contributed by atoms with Gasteiger partial charge in [-0.15, -0.1) is 11.3 Å². The third-order valence-electron chi connectivity index (χ3n) is 3.04. The van der Waals surface area contributed by atoms with Gasteiger partial charge in [0.2, 0.25) is 5.91 Å². The molecule has 1 aromatic carbocycles. The quantitative estimate of drug-likeness (QED) is 0.788. The minimum Gasteiger partial charge on any atom is -0.493 e. The fourth-order valence-corrected chi connectivity index (χ4v) is 2.66. The normalized spacial score (nSPS) is 10.2. The van der Waals surface area contributed by atoms with E-state index >= 15 is 0 Å². The molecule has 0 aliphatic heterocycles. The maximum atomic E-state index is 12.0. The van der Waals surface area contributed by atoms with Gasteiger partial charge in [-0.3, -0.25) is 4.79 Å². The molecule has 2 aromatic rings. The minimum absolute atomic E-state index is 0.0679. The summed E-state index contributed by atoms with van der Waals surface area (Å²) in [6.45, 7) is 0.985. The zero-order valence-electron chi connectivity index (χ0n) is 12.2. The Hall–Kier alpha value is -2.01. The molecule has 21 heavy (non-hydrogen) atoms. The Kier molecular flexibility index (Phi) is 5.63. The van der Waals surface area contributed by atoms with Crippen LogP contribution in [0.3, 0.4) is 0 Å². The van der Waals surface area contributed by atoms with Gasteiger partial charge < -0.3 is 14.4 Å². The maximum absolute atomic E-state index is 12.0. The van der Waals surface area contributed by atoms with Gasteiger partial charge in [-0.05, 0) is 23.6 Å². The van der Waals surface area contributed by atoms with Crippen molar-refractivity contribution in [2.24, 2.45) is 0 Å². The second-order valence-electron chi connectivity index (χ2n) is 4.58. The van der Waals surface area contributed by atoms with Gasteiger partial charge >= 0.3 is 0 Å². The molecular weight excluding hydrogens is 286 g/mol. The van der Waals surface area contributed by atoms with Crippen LogP contribution in [0.2, 0.25) is 0 Å². The van der Waals surface area contributed by atoms with Crippen LogP contribution in [0.5, 0.6) is 11.5 Å². The number of carbonyl (C=O) groups excluding carboxylic acids is 1. The molecule has 0 unspecified atom stereocenters. The third-order valence-corrected chi connectivity index (χ3v) is 3.90. The average molecular weight is 305 g/mol. The van der Waals surface area contributed by atoms with Gasteiger partial charge in [-0.1, -0.05) is 18.2 Å². The van der Waals surface area contributed by atoms with Crippen molar-refractivity contribution < 1.29 is 14.3 Å². The highest BCUT2D eigenvalue weighted by Gasteiger charge is 2.10. The standard InChI is InChI=1S/C16H19NO3S/c1-17(12-13-6-5-11-21-13)16(18)9-10-20-15-8-4-3-7-14(15)19-2/h3-8,11H,9-10,12H2,1-2H3. The molecule has 0 fully saturated rings. The monoisotopic (exact) mass is 305 g/mol. The number of benzene rings is 1. The molecule has 0 spiro atoms. The first kappa shape index (κ1) is 15.4. The molecule has 0 saturated carbocycles. The Morgan fingerprint density at radius 2 is 1.95 bits per heavy atom. The summed E-state index contributed by atoms with van der Waals surface area (Å²) in [4.78, 5) is 14.9. The number of para-hydroxylation sites is 2. The lowest BCUT2D eigenvalue weighted by molar-refractivity contribution is -0.130. The van der Waals surface area contributed by atoms with Gasteiger partial charge in [0.15, 0.2) is 11.5 Å². The number of methoxy groups -OCH3 is 1. The molecule has 0 radical (unpaired) electrons. The fourth-order valence-electron chi connectivity index (χ4n) is 1.90. The first-order chi connectivity index (χ1) is 10.2. The van der Waals surface area contributed by atoms with Gasteiger partial charge in [-0.25, -0.2) is 0 Å². The lowest BCUT2D eigenvalue weighted by Crippen LogP contribution is -2.27. The predicted molar refractivity (Wildman–Crippen MR) is 83.9 cm³/mol. The molecule has 0 bridgehead atoms. The highest BCUT2D eigenvalue weighted by Crippen LogP contribution is 2.25. The SMILES string of the molecule is COc1ccccc1OCCC(=O)N(C)Cc1cccs1. The van der Waals surface area contributed by atoms with Crippen LogP contribution in [0.1, 0.15) is 11.3 Å². The zero-order chi connectivity index (χ0) is 15.1. The molecular formula is C16H19NO3S. The number of ether oxygens (including phenoxy) is 2. The van der Waals surface area contributed by atoms with Gasteiger partial charge in [0.1, 0.15) is 0 Å². The van der Waals surface area contributed by atoms with E-state index in [1.54, 1.807) is 23.3 Å². The van der Waals surface area contributed by atoms with Gasteiger partial charge in [0.25, 0.3) is 0 Å². The van der Waals surface area contributed by atoms with E-state index in [-0.39, 0.29) is 5.91 Å². The summed E-state index contributed by atoms with van der Waals surface area (Å²) in [6, 6.07) is 11.4. The molecule has 0 atom stereocenters. The molecule has 112 valence electrons. The summed E-state index contributed by atoms with van der Waals surface area (Å²) in [5.74, 6) is 1.41. The van der Waals surface area contributed by atoms with Crippen molar-refractivity contribution in [2.45, 2.75) is 13.0 Å². The summed E-state index contributed by atoms with van der Waals surface area (Å²) < 4.78 is 10.8. The van der Waals surface area contributed by atoms with Crippen molar-refractivity contribution in [3.05, 3.63) is 46.7 Å². The number of amides is 1. The largest absolute Gasteiger partial charge is 0.493 e. The van der Waals surface area contributed by atoms with Crippen LogP contribution in [-0.4, -0.2) is 31.6 Å². The van der Waals surface area contributed by atoms with E-state index in [0.717, 1.165) is 0 Å². The maximum Gasteiger partial charge on any atom is 0.226 e. The van der Waals surface area contributed by atoms with Crippen LogP contribution in [0.15, 0.2) is 41.8 Å². The van der Waals surface area contributed by atoms with Crippen LogP contribution in [0, 0.1) is 0 Å². The summed E-state index contributed by atoms with van der Waals surface area (Å²) in [6.07, 6.45) is 0.347. The molecule has 5 heteroatoms. The van der Waals surface area contributed by atoms with Crippen LogP contribution >= 0.6 is 11.3 Å². The van der Waals surface area contributed by atoms with Crippen LogP contribution in [0.4, 0.5) is 0 Å². The van der Waals surface area contributed by atoms with E-state index < -0.39 is 0 Å². The second-order valence-corrected chi connectivity index (χ2v) is 5.61. The number of nitrogens with zero attached hydrogens (tertiary/aromatic N) is 1. The summed E-state index contributed by atoms with van der Waals surface area (Å²) in [7, 11) is 3.41. The van der Waals surface area contributed by atoms with E-state index in [9.17, 15) is 4.79 Å². The Morgan fingerprint density at radius 3 is 2.62 bits per heavy atom. The van der Waals surface area contributed by atoms with Crippen LogP contribution in [0.25, 0.3) is 0 Å². The summed E-state index contributed by atoms with van der Waals surface area (Å²) >= 11 is 1.65. The van der Waals surface area contributed by atoms with E-state index in [4.69, 9.17) is 9.47 Å². The van der Waals surface area contributed by atoms with E-state index in [0.29, 0.717) is 31.1 Å². The van der Waals surface area contributed by atoms with Gasteiger partial charge in [-0.2, -0.15) is 0 Å². The van der Waals surface area contributed by atoms with Crippen molar-refractivity contribution in [3.8, 4) is 11.5 Å². The lowest BCUT2D eigenvalue weighted by atomic mass is 10.3. The number of carbonyl (C=O) groups is 1. The Morgan fingerprint density at radius 1 is 1.19 bits per heavy atom. The van der Waals surface area contributed by atoms with Crippen molar-refractivity contribution in [1.82, 2.24) is 4.90 Å². The zero-order valence-corrected chi connectivity index (χ0v) is 13.1. The summed E-state index contributed by atoms with van der Waals surface area (Å²) in [5.41, 5.74) is 0. The minimum atomic E-state index is 0.0679. The van der Waals surface area contributed by atoms with Gasteiger partial charge in [0, 0.05) is 11.9 Å².